The van der Waals surface area contributed by atoms with Crippen LogP contribution in [-0.4, -0.2) is 44.3 Å². The molecule has 5 nitrogen and oxygen atoms in total. The van der Waals surface area contributed by atoms with E-state index in [4.69, 9.17) is 9.47 Å². The Morgan fingerprint density at radius 2 is 2.13 bits per heavy atom. The highest BCUT2D eigenvalue weighted by Crippen LogP contribution is 2.44. The minimum absolute atomic E-state index is 0.00806. The number of hydrogen-bond acceptors (Lipinski definition) is 4. The normalized spacial score (nSPS) is 27.1. The van der Waals surface area contributed by atoms with E-state index in [0.29, 0.717) is 18.3 Å². The molecule has 1 aliphatic carbocycles. The zero-order valence-electron chi connectivity index (χ0n) is 13.3. The topological polar surface area (TPSA) is 55.8 Å². The first-order valence-electron chi connectivity index (χ1n) is 7.94. The van der Waals surface area contributed by atoms with Crippen LogP contribution in [0, 0.1) is 5.92 Å². The van der Waals surface area contributed by atoms with E-state index >= 15 is 0 Å². The predicted octanol–water partition coefficient (Wildman–Crippen LogP) is 2.44. The van der Waals surface area contributed by atoms with Gasteiger partial charge in [0, 0.05) is 12.1 Å². The summed E-state index contributed by atoms with van der Waals surface area (Å²) in [5, 5.41) is 0. The summed E-state index contributed by atoms with van der Waals surface area (Å²) in [5.41, 5.74) is 0. The van der Waals surface area contributed by atoms with Gasteiger partial charge in [0.2, 0.25) is 10.0 Å². The fourth-order valence-corrected chi connectivity index (χ4v) is 5.56. The second-order valence-corrected chi connectivity index (χ2v) is 8.10. The van der Waals surface area contributed by atoms with Crippen LogP contribution in [0.15, 0.2) is 36.9 Å². The summed E-state index contributed by atoms with van der Waals surface area (Å²) in [5.74, 6) is 1.82. The molecule has 2 bridgehead atoms. The van der Waals surface area contributed by atoms with Gasteiger partial charge in [-0.3, -0.25) is 0 Å². The molecule has 0 N–H and O–H groups in total. The molecule has 0 unspecified atom stereocenters. The van der Waals surface area contributed by atoms with Crippen molar-refractivity contribution in [3.8, 4) is 11.5 Å². The molecule has 23 heavy (non-hydrogen) atoms. The van der Waals surface area contributed by atoms with Gasteiger partial charge in [0.15, 0.2) is 0 Å². The van der Waals surface area contributed by atoms with E-state index in [-0.39, 0.29) is 17.8 Å². The molecule has 2 aliphatic rings. The molecule has 0 radical (unpaired) electrons. The van der Waals surface area contributed by atoms with Gasteiger partial charge in [-0.05, 0) is 37.3 Å². The molecule has 0 amide bonds. The summed E-state index contributed by atoms with van der Waals surface area (Å²) in [7, 11) is -1.69. The van der Waals surface area contributed by atoms with E-state index in [1.807, 2.05) is 24.3 Å². The molecule has 1 aromatic carbocycles. The predicted molar refractivity (Wildman–Crippen MR) is 89.2 cm³/mol. The molecule has 1 saturated heterocycles. The molecule has 0 aromatic heterocycles. The van der Waals surface area contributed by atoms with E-state index in [2.05, 4.69) is 6.58 Å². The van der Waals surface area contributed by atoms with E-state index in [1.165, 1.54) is 6.08 Å². The Hall–Kier alpha value is -1.53. The van der Waals surface area contributed by atoms with Gasteiger partial charge in [0.1, 0.15) is 18.1 Å². The van der Waals surface area contributed by atoms with Crippen LogP contribution in [0.1, 0.15) is 19.3 Å². The van der Waals surface area contributed by atoms with Gasteiger partial charge in [-0.1, -0.05) is 12.1 Å². The van der Waals surface area contributed by atoms with E-state index in [0.717, 1.165) is 25.0 Å². The summed E-state index contributed by atoms with van der Waals surface area (Å²) < 4.78 is 37.8. The minimum atomic E-state index is -3.30. The molecule has 0 spiro atoms. The van der Waals surface area contributed by atoms with Crippen molar-refractivity contribution in [2.24, 2.45) is 5.92 Å². The zero-order valence-corrected chi connectivity index (χ0v) is 14.2. The largest absolute Gasteiger partial charge is 0.497 e. The van der Waals surface area contributed by atoms with E-state index < -0.39 is 10.0 Å². The third kappa shape index (κ3) is 3.23. The number of fused-ring (bicyclic) bond motifs is 2. The highest BCUT2D eigenvalue weighted by molar-refractivity contribution is 7.89. The Balaban J connectivity index is 1.73. The zero-order chi connectivity index (χ0) is 16.4. The van der Waals surface area contributed by atoms with Crippen LogP contribution in [0.2, 0.25) is 0 Å². The maximum Gasteiger partial charge on any atom is 0.218 e. The van der Waals surface area contributed by atoms with Crippen LogP contribution in [0.5, 0.6) is 11.5 Å². The maximum atomic E-state index is 12.5. The molecular weight excluding hydrogens is 314 g/mol. The Morgan fingerprint density at radius 1 is 1.35 bits per heavy atom. The lowest BCUT2D eigenvalue weighted by atomic mass is 10.0. The maximum absolute atomic E-state index is 12.5. The lowest BCUT2D eigenvalue weighted by molar-refractivity contribution is 0.162. The number of methoxy groups -OCH3 is 1. The number of rotatable bonds is 7. The highest BCUT2D eigenvalue weighted by Gasteiger charge is 2.50. The quantitative estimate of drug-likeness (QED) is 0.717. The summed E-state index contributed by atoms with van der Waals surface area (Å²) in [6.07, 6.45) is 4.44. The monoisotopic (exact) mass is 337 g/mol. The highest BCUT2D eigenvalue weighted by atomic mass is 32.2. The number of hydrogen-bond donors (Lipinski definition) is 0. The van der Waals surface area contributed by atoms with Crippen LogP contribution < -0.4 is 9.47 Å². The molecule has 1 saturated carbocycles. The summed E-state index contributed by atoms with van der Waals surface area (Å²) in [4.78, 5) is 0. The number of nitrogens with zero attached hydrogens (tertiary/aromatic N) is 1. The van der Waals surface area contributed by atoms with Gasteiger partial charge in [0.25, 0.3) is 0 Å². The van der Waals surface area contributed by atoms with Crippen molar-refractivity contribution in [2.45, 2.75) is 31.3 Å². The van der Waals surface area contributed by atoms with Crippen molar-refractivity contribution in [3.63, 3.8) is 0 Å². The van der Waals surface area contributed by atoms with Gasteiger partial charge in [0.05, 0.1) is 18.9 Å². The first kappa shape index (κ1) is 16.3. The van der Waals surface area contributed by atoms with Gasteiger partial charge in [-0.25, -0.2) is 8.42 Å². The van der Waals surface area contributed by atoms with Crippen molar-refractivity contribution < 1.29 is 17.9 Å². The summed E-state index contributed by atoms with van der Waals surface area (Å²) in [6.45, 7) is 3.95. The number of benzene rings is 1. The Morgan fingerprint density at radius 3 is 2.87 bits per heavy atom. The Bertz CT molecular complexity index is 673. The van der Waals surface area contributed by atoms with E-state index in [9.17, 15) is 8.42 Å². The van der Waals surface area contributed by atoms with Gasteiger partial charge >= 0.3 is 0 Å². The average Bonchev–Trinajstić information content (AvgIpc) is 3.14. The van der Waals surface area contributed by atoms with Crippen molar-refractivity contribution in [2.75, 3.05) is 19.5 Å². The first-order chi connectivity index (χ1) is 11.0. The van der Waals surface area contributed by atoms with Gasteiger partial charge < -0.3 is 9.47 Å². The van der Waals surface area contributed by atoms with Crippen LogP contribution in [0.4, 0.5) is 0 Å². The van der Waals surface area contributed by atoms with Gasteiger partial charge in [-0.15, -0.1) is 6.58 Å². The van der Waals surface area contributed by atoms with Gasteiger partial charge in [-0.2, -0.15) is 4.31 Å². The average molecular weight is 337 g/mol. The molecule has 126 valence electrons. The number of sulfonamides is 1. The fraction of sp³-hybridized carbons (Fsp3) is 0.529. The fourth-order valence-electron chi connectivity index (χ4n) is 3.80. The van der Waals surface area contributed by atoms with E-state index in [1.54, 1.807) is 11.4 Å². The molecule has 1 heterocycles. The Labute approximate surface area is 137 Å². The lowest BCUT2D eigenvalue weighted by Crippen LogP contribution is -2.48. The third-order valence-electron chi connectivity index (χ3n) is 4.79. The molecule has 1 aliphatic heterocycles. The SMILES string of the molecule is C=CCS(=O)(=O)N1[C@H]2CC[C@@H](C2)[C@@H]1COc1cccc(OC)c1. The smallest absolute Gasteiger partial charge is 0.218 e. The summed E-state index contributed by atoms with van der Waals surface area (Å²) in [6, 6.07) is 7.44. The van der Waals surface area contributed by atoms with Crippen molar-refractivity contribution >= 4 is 10.0 Å². The van der Waals surface area contributed by atoms with Crippen molar-refractivity contribution in [3.05, 3.63) is 36.9 Å². The summed E-state index contributed by atoms with van der Waals surface area (Å²) >= 11 is 0. The molecule has 6 heteroatoms. The molecular formula is C17H23NO4S. The first-order valence-corrected chi connectivity index (χ1v) is 9.55. The molecule has 3 rings (SSSR count). The van der Waals surface area contributed by atoms with Crippen molar-refractivity contribution in [1.82, 2.24) is 4.31 Å². The number of ether oxygens (including phenoxy) is 2. The molecule has 2 fully saturated rings. The third-order valence-corrected chi connectivity index (χ3v) is 6.66. The Kier molecular flexibility index (Phi) is 4.64. The van der Waals surface area contributed by atoms with Crippen LogP contribution in [-0.2, 0) is 10.0 Å². The minimum Gasteiger partial charge on any atom is -0.497 e. The second kappa shape index (κ2) is 6.53. The van der Waals surface area contributed by atoms with Crippen molar-refractivity contribution in [1.29, 1.82) is 0 Å². The lowest BCUT2D eigenvalue weighted by Gasteiger charge is -2.33. The number of piperidine rings is 1. The van der Waals surface area contributed by atoms with Crippen LogP contribution >= 0.6 is 0 Å². The van der Waals surface area contributed by atoms with Crippen LogP contribution in [0.3, 0.4) is 0 Å². The van der Waals surface area contributed by atoms with Crippen LogP contribution in [0.25, 0.3) is 0 Å². The standard InChI is InChI=1S/C17H23NO4S/c1-3-9-23(19,20)18-14-8-7-13(10-14)17(18)12-22-16-6-4-5-15(11-16)21-2/h3-6,11,13-14,17H,1,7-10,12H2,2H3/t13-,14-,17-/m0/s1. The molecule has 3 atom stereocenters. The second-order valence-electron chi connectivity index (χ2n) is 6.18. The molecule has 1 aromatic rings.